The average Bonchev–Trinajstić information content (AvgIpc) is 2.50. The molecule has 1 amide bonds. The number of nitrogens with one attached hydrogen (secondary N) is 1. The molecule has 0 aliphatic rings. The first kappa shape index (κ1) is 15.8. The van der Waals surface area contributed by atoms with Crippen LogP contribution in [-0.4, -0.2) is 51.0 Å². The normalized spacial score (nSPS) is 11.4. The van der Waals surface area contributed by atoms with Crippen LogP contribution in [0.3, 0.4) is 0 Å². The topological polar surface area (TPSA) is 94.1 Å². The van der Waals surface area contributed by atoms with Gasteiger partial charge in [0.05, 0.1) is 27.9 Å². The molecule has 0 heterocycles. The van der Waals surface area contributed by atoms with Crippen molar-refractivity contribution in [1.29, 1.82) is 0 Å². The number of hydrogen-bond acceptors (Lipinski definition) is 6. The van der Waals surface area contributed by atoms with Crippen molar-refractivity contribution in [1.82, 2.24) is 5.32 Å². The minimum absolute atomic E-state index is 0.239. The fourth-order valence-electron chi connectivity index (χ4n) is 1.50. The van der Waals surface area contributed by atoms with E-state index < -0.39 is 24.5 Å². The van der Waals surface area contributed by atoms with E-state index in [9.17, 15) is 9.59 Å². The van der Waals surface area contributed by atoms with Gasteiger partial charge in [-0.1, -0.05) is 0 Å². The number of amides is 1. The molecule has 0 radical (unpaired) electrons. The molecule has 110 valence electrons. The molecular formula is C13H17NO6. The molecule has 1 aromatic rings. The molecule has 0 saturated heterocycles. The van der Waals surface area contributed by atoms with Gasteiger partial charge in [0.2, 0.25) is 0 Å². The third-order valence-electron chi connectivity index (χ3n) is 2.59. The molecule has 0 spiro atoms. The number of carbonyl (C=O) groups is 2. The van der Waals surface area contributed by atoms with E-state index in [-0.39, 0.29) is 5.56 Å². The highest BCUT2D eigenvalue weighted by Crippen LogP contribution is 2.22. The predicted molar refractivity (Wildman–Crippen MR) is 69.9 cm³/mol. The molecule has 1 atom stereocenters. The standard InChI is InChI=1S/C13H17NO6/c1-18-9-4-8(5-10(6-9)19-2)12(16)14-11(7-15)13(17)20-3/h4-6,11,15H,7H2,1-3H3,(H,14,16). The van der Waals surface area contributed by atoms with Gasteiger partial charge in [0.15, 0.2) is 6.04 Å². The molecule has 1 aromatic carbocycles. The van der Waals surface area contributed by atoms with Crippen LogP contribution in [0.5, 0.6) is 11.5 Å². The second-order valence-electron chi connectivity index (χ2n) is 3.83. The molecule has 7 nitrogen and oxygen atoms in total. The zero-order valence-electron chi connectivity index (χ0n) is 11.5. The average molecular weight is 283 g/mol. The van der Waals surface area contributed by atoms with Gasteiger partial charge in [-0.2, -0.15) is 0 Å². The number of methoxy groups -OCH3 is 3. The van der Waals surface area contributed by atoms with Crippen LogP contribution in [0.25, 0.3) is 0 Å². The Hall–Kier alpha value is -2.28. The maximum Gasteiger partial charge on any atom is 0.330 e. The number of aliphatic hydroxyl groups excluding tert-OH is 1. The monoisotopic (exact) mass is 283 g/mol. The molecule has 1 rings (SSSR count). The van der Waals surface area contributed by atoms with E-state index in [0.29, 0.717) is 11.5 Å². The van der Waals surface area contributed by atoms with Crippen LogP contribution in [0.1, 0.15) is 10.4 Å². The molecule has 20 heavy (non-hydrogen) atoms. The lowest BCUT2D eigenvalue weighted by molar-refractivity contribution is -0.143. The SMILES string of the molecule is COC(=O)C(CO)NC(=O)c1cc(OC)cc(OC)c1. The van der Waals surface area contributed by atoms with Crippen LogP contribution in [-0.2, 0) is 9.53 Å². The molecule has 0 bridgehead atoms. The fourth-order valence-corrected chi connectivity index (χ4v) is 1.50. The van der Waals surface area contributed by atoms with Gasteiger partial charge >= 0.3 is 5.97 Å². The number of hydrogen-bond donors (Lipinski definition) is 2. The summed E-state index contributed by atoms with van der Waals surface area (Å²) in [6.45, 7) is -0.556. The van der Waals surface area contributed by atoms with Crippen molar-refractivity contribution in [2.45, 2.75) is 6.04 Å². The molecule has 0 fully saturated rings. The van der Waals surface area contributed by atoms with Gasteiger partial charge in [0.1, 0.15) is 11.5 Å². The Balaban J connectivity index is 2.93. The summed E-state index contributed by atoms with van der Waals surface area (Å²) in [6, 6.07) is 3.47. The number of aliphatic hydroxyl groups is 1. The lowest BCUT2D eigenvalue weighted by atomic mass is 10.1. The zero-order valence-corrected chi connectivity index (χ0v) is 11.5. The first-order valence-corrected chi connectivity index (χ1v) is 5.78. The summed E-state index contributed by atoms with van der Waals surface area (Å²) in [5.74, 6) is -0.399. The van der Waals surface area contributed by atoms with Crippen LogP contribution < -0.4 is 14.8 Å². The highest BCUT2D eigenvalue weighted by Gasteiger charge is 2.21. The van der Waals surface area contributed by atoms with Gasteiger partial charge in [-0.15, -0.1) is 0 Å². The van der Waals surface area contributed by atoms with Crippen LogP contribution in [0, 0.1) is 0 Å². The Kier molecular flexibility index (Phi) is 5.79. The van der Waals surface area contributed by atoms with E-state index in [1.807, 2.05) is 0 Å². The predicted octanol–water partition coefficient (Wildman–Crippen LogP) is -0.0325. The smallest absolute Gasteiger partial charge is 0.330 e. The molecular weight excluding hydrogens is 266 g/mol. The molecule has 2 N–H and O–H groups in total. The summed E-state index contributed by atoms with van der Waals surface area (Å²) in [6.07, 6.45) is 0. The summed E-state index contributed by atoms with van der Waals surface area (Å²) in [7, 11) is 4.09. The largest absolute Gasteiger partial charge is 0.497 e. The van der Waals surface area contributed by atoms with E-state index in [4.69, 9.17) is 14.6 Å². The summed E-state index contributed by atoms with van der Waals surface area (Å²) in [5.41, 5.74) is 0.239. The minimum atomic E-state index is -1.12. The van der Waals surface area contributed by atoms with Crippen molar-refractivity contribution < 1.29 is 28.9 Å². The summed E-state index contributed by atoms with van der Waals surface area (Å²) in [5, 5.41) is 11.4. The number of carbonyl (C=O) groups excluding carboxylic acids is 2. The molecule has 1 unspecified atom stereocenters. The van der Waals surface area contributed by atoms with Crippen LogP contribution in [0.4, 0.5) is 0 Å². The van der Waals surface area contributed by atoms with Crippen molar-refractivity contribution in [3.63, 3.8) is 0 Å². The van der Waals surface area contributed by atoms with E-state index in [0.717, 1.165) is 0 Å². The number of ether oxygens (including phenoxy) is 3. The zero-order chi connectivity index (χ0) is 15.1. The number of benzene rings is 1. The van der Waals surface area contributed by atoms with Crippen molar-refractivity contribution in [3.8, 4) is 11.5 Å². The number of rotatable bonds is 6. The second-order valence-corrected chi connectivity index (χ2v) is 3.83. The Labute approximate surface area is 116 Å². The van der Waals surface area contributed by atoms with Gasteiger partial charge in [-0.05, 0) is 12.1 Å². The first-order chi connectivity index (χ1) is 9.55. The Bertz CT molecular complexity index is 465. The Morgan fingerprint density at radius 2 is 1.70 bits per heavy atom. The molecule has 0 aliphatic heterocycles. The maximum absolute atomic E-state index is 12.0. The summed E-state index contributed by atoms with van der Waals surface area (Å²) >= 11 is 0. The molecule has 7 heteroatoms. The fraction of sp³-hybridized carbons (Fsp3) is 0.385. The van der Waals surface area contributed by atoms with Crippen molar-refractivity contribution in [2.24, 2.45) is 0 Å². The van der Waals surface area contributed by atoms with Crippen molar-refractivity contribution >= 4 is 11.9 Å². The summed E-state index contributed by atoms with van der Waals surface area (Å²) < 4.78 is 14.6. The van der Waals surface area contributed by atoms with Gasteiger partial charge < -0.3 is 24.6 Å². The third kappa shape index (κ3) is 3.86. The van der Waals surface area contributed by atoms with Crippen LogP contribution in [0.2, 0.25) is 0 Å². The van der Waals surface area contributed by atoms with Gasteiger partial charge in [0.25, 0.3) is 5.91 Å². The van der Waals surface area contributed by atoms with E-state index in [1.54, 1.807) is 6.07 Å². The highest BCUT2D eigenvalue weighted by atomic mass is 16.5. The molecule has 0 saturated carbocycles. The van der Waals surface area contributed by atoms with Gasteiger partial charge in [0, 0.05) is 11.6 Å². The molecule has 0 aromatic heterocycles. The van der Waals surface area contributed by atoms with Gasteiger partial charge in [-0.3, -0.25) is 4.79 Å². The highest BCUT2D eigenvalue weighted by molar-refractivity contribution is 5.97. The number of esters is 1. The van der Waals surface area contributed by atoms with Crippen LogP contribution >= 0.6 is 0 Å². The first-order valence-electron chi connectivity index (χ1n) is 5.78. The minimum Gasteiger partial charge on any atom is -0.497 e. The Morgan fingerprint density at radius 3 is 2.10 bits per heavy atom. The van der Waals surface area contributed by atoms with E-state index >= 15 is 0 Å². The maximum atomic E-state index is 12.0. The molecule has 0 aliphatic carbocycles. The third-order valence-corrected chi connectivity index (χ3v) is 2.59. The van der Waals surface area contributed by atoms with Crippen molar-refractivity contribution in [2.75, 3.05) is 27.9 Å². The second kappa shape index (κ2) is 7.34. The van der Waals surface area contributed by atoms with Crippen molar-refractivity contribution in [3.05, 3.63) is 23.8 Å². The van der Waals surface area contributed by atoms with E-state index in [1.165, 1.54) is 33.5 Å². The lowest BCUT2D eigenvalue weighted by Gasteiger charge is -2.14. The van der Waals surface area contributed by atoms with Gasteiger partial charge in [-0.25, -0.2) is 4.79 Å². The van der Waals surface area contributed by atoms with E-state index in [2.05, 4.69) is 10.1 Å². The quantitative estimate of drug-likeness (QED) is 0.712. The Morgan fingerprint density at radius 1 is 1.15 bits per heavy atom. The van der Waals surface area contributed by atoms with Crippen LogP contribution in [0.15, 0.2) is 18.2 Å². The lowest BCUT2D eigenvalue weighted by Crippen LogP contribution is -2.44. The summed E-state index contributed by atoms with van der Waals surface area (Å²) in [4.78, 5) is 23.3.